The predicted octanol–water partition coefficient (Wildman–Crippen LogP) is 3.75. The minimum atomic E-state index is -0.0473. The summed E-state index contributed by atoms with van der Waals surface area (Å²) < 4.78 is 0. The Morgan fingerprint density at radius 2 is 2.00 bits per heavy atom. The van der Waals surface area contributed by atoms with Gasteiger partial charge in [-0.15, -0.1) is 0 Å². The topological polar surface area (TPSA) is 61.8 Å². The molecule has 1 atom stereocenters. The van der Waals surface area contributed by atoms with Gasteiger partial charge in [0.2, 0.25) is 0 Å². The van der Waals surface area contributed by atoms with E-state index in [9.17, 15) is 5.11 Å². The van der Waals surface area contributed by atoms with Gasteiger partial charge in [-0.3, -0.25) is 0 Å². The largest absolute Gasteiger partial charge is 0.508 e. The van der Waals surface area contributed by atoms with Crippen LogP contribution in [0.1, 0.15) is 29.2 Å². The van der Waals surface area contributed by atoms with E-state index < -0.39 is 0 Å². The highest BCUT2D eigenvalue weighted by Crippen LogP contribution is 2.33. The quantitative estimate of drug-likeness (QED) is 0.814. The minimum Gasteiger partial charge on any atom is -0.508 e. The summed E-state index contributed by atoms with van der Waals surface area (Å²) in [5, 5.41) is 16.8. The molecule has 0 saturated carbocycles. The third-order valence-corrected chi connectivity index (χ3v) is 4.36. The molecule has 1 aliphatic heterocycles. The average Bonchev–Trinajstić information content (AvgIpc) is 2.96. The van der Waals surface area contributed by atoms with Crippen molar-refractivity contribution in [3.8, 4) is 5.75 Å². The van der Waals surface area contributed by atoms with Gasteiger partial charge < -0.3 is 10.8 Å². The lowest BCUT2D eigenvalue weighted by atomic mass is 9.97. The molecule has 1 aliphatic rings. The van der Waals surface area contributed by atoms with Crippen molar-refractivity contribution in [2.75, 3.05) is 0 Å². The van der Waals surface area contributed by atoms with Crippen LogP contribution in [-0.2, 0) is 0 Å². The predicted molar refractivity (Wildman–Crippen MR) is 96.8 cm³/mol. The zero-order chi connectivity index (χ0) is 16.6. The number of nitrogens with zero attached hydrogens (tertiary/aromatic N) is 2. The molecule has 4 nitrogen and oxygen atoms in total. The van der Waals surface area contributed by atoms with Crippen molar-refractivity contribution in [3.63, 3.8) is 0 Å². The average molecular weight is 346 g/mol. The molecular formula is C17H16ClN3OS. The number of hydrogen-bond donors (Lipinski definition) is 2. The molecule has 0 aromatic heterocycles. The molecule has 1 unspecified atom stereocenters. The van der Waals surface area contributed by atoms with Crippen LogP contribution in [-0.4, -0.2) is 20.9 Å². The van der Waals surface area contributed by atoms with Crippen LogP contribution in [0.5, 0.6) is 5.75 Å². The van der Waals surface area contributed by atoms with Crippen LogP contribution < -0.4 is 5.73 Å². The monoisotopic (exact) mass is 345 g/mol. The van der Waals surface area contributed by atoms with Gasteiger partial charge in [-0.2, -0.15) is 5.10 Å². The van der Waals surface area contributed by atoms with Gasteiger partial charge in [-0.25, -0.2) is 5.01 Å². The lowest BCUT2D eigenvalue weighted by molar-refractivity contribution is 0.373. The van der Waals surface area contributed by atoms with Crippen molar-refractivity contribution in [1.29, 1.82) is 0 Å². The van der Waals surface area contributed by atoms with Crippen molar-refractivity contribution >= 4 is 34.6 Å². The Hall–Kier alpha value is -2.11. The molecular weight excluding hydrogens is 330 g/mol. The van der Waals surface area contributed by atoms with Crippen molar-refractivity contribution < 1.29 is 5.11 Å². The van der Waals surface area contributed by atoms with Gasteiger partial charge >= 0.3 is 0 Å². The van der Waals surface area contributed by atoms with Crippen LogP contribution in [0.4, 0.5) is 0 Å². The summed E-state index contributed by atoms with van der Waals surface area (Å²) in [4.78, 5) is 0. The fourth-order valence-corrected chi connectivity index (χ4v) is 2.96. The van der Waals surface area contributed by atoms with E-state index in [-0.39, 0.29) is 16.9 Å². The van der Waals surface area contributed by atoms with Crippen molar-refractivity contribution in [3.05, 3.63) is 64.2 Å². The van der Waals surface area contributed by atoms with Crippen LogP contribution >= 0.6 is 23.8 Å². The molecule has 0 spiro atoms. The number of phenolic OH excluding ortho intramolecular Hbond substituents is 1. The zero-order valence-corrected chi connectivity index (χ0v) is 14.1. The number of phenols is 1. The molecule has 0 radical (unpaired) electrons. The fourth-order valence-electron chi connectivity index (χ4n) is 2.67. The molecule has 0 aliphatic carbocycles. The molecule has 23 heavy (non-hydrogen) atoms. The SMILES string of the molecule is Cc1cc(C2=NN(C(N)=S)C(c3ccc(Cl)cc3)C2)ccc1O. The Morgan fingerprint density at radius 1 is 1.30 bits per heavy atom. The van der Waals surface area contributed by atoms with E-state index in [0.29, 0.717) is 11.4 Å². The molecule has 2 aromatic carbocycles. The molecule has 2 aromatic rings. The smallest absolute Gasteiger partial charge is 0.187 e. The van der Waals surface area contributed by atoms with E-state index in [1.807, 2.05) is 43.3 Å². The van der Waals surface area contributed by atoms with Gasteiger partial charge in [0, 0.05) is 11.4 Å². The molecule has 1 heterocycles. The summed E-state index contributed by atoms with van der Waals surface area (Å²) in [7, 11) is 0. The first kappa shape index (κ1) is 15.8. The van der Waals surface area contributed by atoms with Crippen molar-refractivity contribution in [2.24, 2.45) is 10.8 Å². The molecule has 6 heteroatoms. The van der Waals surface area contributed by atoms with Gasteiger partial charge in [-0.05, 0) is 66.2 Å². The van der Waals surface area contributed by atoms with Crippen molar-refractivity contribution in [1.82, 2.24) is 5.01 Å². The fraction of sp³-hybridized carbons (Fsp3) is 0.176. The Bertz CT molecular complexity index is 789. The summed E-state index contributed by atoms with van der Waals surface area (Å²) in [5.41, 5.74) is 9.54. The van der Waals surface area contributed by atoms with Crippen LogP contribution in [0.15, 0.2) is 47.6 Å². The number of rotatable bonds is 2. The van der Waals surface area contributed by atoms with Crippen LogP contribution in [0, 0.1) is 6.92 Å². The van der Waals surface area contributed by atoms with Gasteiger partial charge in [0.15, 0.2) is 5.11 Å². The first-order valence-electron chi connectivity index (χ1n) is 7.17. The maximum Gasteiger partial charge on any atom is 0.187 e. The van der Waals surface area contributed by atoms with E-state index in [0.717, 1.165) is 22.4 Å². The van der Waals surface area contributed by atoms with Gasteiger partial charge in [0.05, 0.1) is 11.8 Å². The summed E-state index contributed by atoms with van der Waals surface area (Å²) in [6.07, 6.45) is 0.684. The highest BCUT2D eigenvalue weighted by molar-refractivity contribution is 7.80. The number of aromatic hydroxyl groups is 1. The Labute approximate surface area is 145 Å². The molecule has 0 saturated heterocycles. The highest BCUT2D eigenvalue weighted by Gasteiger charge is 2.30. The van der Waals surface area contributed by atoms with Crippen molar-refractivity contribution in [2.45, 2.75) is 19.4 Å². The van der Waals surface area contributed by atoms with Crippen LogP contribution in [0.2, 0.25) is 5.02 Å². The lowest BCUT2D eigenvalue weighted by Crippen LogP contribution is -2.31. The molecule has 0 amide bonds. The number of benzene rings is 2. The second-order valence-electron chi connectivity index (χ2n) is 5.50. The molecule has 3 N–H and O–H groups in total. The third-order valence-electron chi connectivity index (χ3n) is 3.92. The number of hydrazone groups is 1. The summed E-state index contributed by atoms with van der Waals surface area (Å²) >= 11 is 11.1. The van der Waals surface area contributed by atoms with Gasteiger partial charge in [0.25, 0.3) is 0 Å². The van der Waals surface area contributed by atoms with Crippen LogP contribution in [0.3, 0.4) is 0 Å². The standard InChI is InChI=1S/C17H16ClN3OS/c1-10-8-12(4-7-16(10)22)14-9-15(21(20-14)17(19)23)11-2-5-13(18)6-3-11/h2-8,15,22H,9H2,1H3,(H2,19,23). The number of thiocarbonyl (C=S) groups is 1. The maximum atomic E-state index is 9.68. The van der Waals surface area contributed by atoms with E-state index >= 15 is 0 Å². The Balaban J connectivity index is 1.95. The molecule has 0 bridgehead atoms. The van der Waals surface area contributed by atoms with E-state index in [2.05, 4.69) is 5.10 Å². The minimum absolute atomic E-state index is 0.0473. The summed E-state index contributed by atoms with van der Waals surface area (Å²) in [6, 6.07) is 13.0. The Morgan fingerprint density at radius 3 is 2.61 bits per heavy atom. The normalized spacial score (nSPS) is 17.2. The second kappa shape index (κ2) is 6.18. The number of hydrogen-bond acceptors (Lipinski definition) is 3. The van der Waals surface area contributed by atoms with E-state index in [1.165, 1.54) is 0 Å². The summed E-state index contributed by atoms with van der Waals surface area (Å²) in [6.45, 7) is 1.86. The number of nitrogens with two attached hydrogens (primary N) is 1. The molecule has 3 rings (SSSR count). The van der Waals surface area contributed by atoms with Crippen LogP contribution in [0.25, 0.3) is 0 Å². The van der Waals surface area contributed by atoms with E-state index in [4.69, 9.17) is 29.6 Å². The maximum absolute atomic E-state index is 9.68. The number of aryl methyl sites for hydroxylation is 1. The molecule has 118 valence electrons. The molecule has 0 fully saturated rings. The third kappa shape index (κ3) is 3.16. The zero-order valence-electron chi connectivity index (χ0n) is 12.5. The van der Waals surface area contributed by atoms with Gasteiger partial charge in [0.1, 0.15) is 5.75 Å². The van der Waals surface area contributed by atoms with E-state index in [1.54, 1.807) is 11.1 Å². The number of halogens is 1. The second-order valence-corrected chi connectivity index (χ2v) is 6.36. The highest BCUT2D eigenvalue weighted by atomic mass is 35.5. The first-order valence-corrected chi connectivity index (χ1v) is 7.96. The van der Waals surface area contributed by atoms with Gasteiger partial charge in [-0.1, -0.05) is 23.7 Å². The Kier molecular flexibility index (Phi) is 4.24. The first-order chi connectivity index (χ1) is 11.0. The summed E-state index contributed by atoms with van der Waals surface area (Å²) in [5.74, 6) is 0.271. The lowest BCUT2D eigenvalue weighted by Gasteiger charge is -2.21.